The van der Waals surface area contributed by atoms with Gasteiger partial charge in [-0.05, 0) is 49.2 Å². The predicted molar refractivity (Wildman–Crippen MR) is 115 cm³/mol. The fourth-order valence-electron chi connectivity index (χ4n) is 3.08. The number of thiazole rings is 1. The summed E-state index contributed by atoms with van der Waals surface area (Å²) in [6, 6.07) is 14.6. The second-order valence-corrected chi connectivity index (χ2v) is 7.85. The van der Waals surface area contributed by atoms with Crippen molar-refractivity contribution in [3.05, 3.63) is 58.9 Å². The fourth-order valence-corrected chi connectivity index (χ4v) is 4.10. The smallest absolute Gasteiger partial charge is 0.262 e. The van der Waals surface area contributed by atoms with E-state index in [1.54, 1.807) is 35.6 Å². The molecule has 2 aromatic carbocycles. The molecule has 0 radical (unpaired) electrons. The Morgan fingerprint density at radius 1 is 1.18 bits per heavy atom. The quantitative estimate of drug-likeness (QED) is 0.612. The molecule has 1 aliphatic rings. The molecular formula is C21H20ClN3O2S. The number of nitrogens with one attached hydrogen (secondary N) is 1. The van der Waals surface area contributed by atoms with Crippen LogP contribution in [-0.2, 0) is 4.79 Å². The van der Waals surface area contributed by atoms with Gasteiger partial charge in [-0.3, -0.25) is 4.79 Å². The van der Waals surface area contributed by atoms with Gasteiger partial charge in [-0.2, -0.15) is 0 Å². The second kappa shape index (κ2) is 8.63. The number of carbonyl (C=O) groups excluding carboxylic acids is 1. The third-order valence-corrected chi connectivity index (χ3v) is 5.65. The van der Waals surface area contributed by atoms with Gasteiger partial charge in [-0.15, -0.1) is 11.3 Å². The van der Waals surface area contributed by atoms with Crippen molar-refractivity contribution in [3.8, 4) is 17.0 Å². The Morgan fingerprint density at radius 3 is 2.75 bits per heavy atom. The first kappa shape index (κ1) is 18.8. The first-order chi connectivity index (χ1) is 13.7. The zero-order chi connectivity index (χ0) is 19.3. The lowest BCUT2D eigenvalue weighted by Crippen LogP contribution is -2.20. The molecule has 0 atom stereocenters. The highest BCUT2D eigenvalue weighted by Crippen LogP contribution is 2.30. The number of amides is 1. The van der Waals surface area contributed by atoms with Crippen molar-refractivity contribution in [3.63, 3.8) is 0 Å². The van der Waals surface area contributed by atoms with Crippen molar-refractivity contribution >= 4 is 39.7 Å². The monoisotopic (exact) mass is 413 g/mol. The van der Waals surface area contributed by atoms with Crippen LogP contribution >= 0.6 is 22.9 Å². The Balaban J connectivity index is 1.38. The third kappa shape index (κ3) is 4.64. The Labute approximate surface area is 172 Å². The average Bonchev–Trinajstić information content (AvgIpc) is 3.39. The van der Waals surface area contributed by atoms with Crippen molar-refractivity contribution < 1.29 is 9.53 Å². The van der Waals surface area contributed by atoms with Crippen molar-refractivity contribution in [2.24, 2.45) is 0 Å². The molecule has 7 heteroatoms. The Kier molecular flexibility index (Phi) is 5.78. The molecule has 1 amide bonds. The maximum Gasteiger partial charge on any atom is 0.262 e. The summed E-state index contributed by atoms with van der Waals surface area (Å²) in [5.41, 5.74) is 2.64. The van der Waals surface area contributed by atoms with Gasteiger partial charge in [-0.1, -0.05) is 23.7 Å². The number of anilines is 2. The molecule has 1 saturated heterocycles. The van der Waals surface area contributed by atoms with Crippen LogP contribution in [0.2, 0.25) is 5.02 Å². The molecule has 4 rings (SSSR count). The Bertz CT molecular complexity index is 952. The maximum absolute atomic E-state index is 12.2. The molecule has 144 valence electrons. The largest absolute Gasteiger partial charge is 0.484 e. The van der Waals surface area contributed by atoms with Gasteiger partial charge >= 0.3 is 0 Å². The highest BCUT2D eigenvalue weighted by molar-refractivity contribution is 7.14. The summed E-state index contributed by atoms with van der Waals surface area (Å²) < 4.78 is 5.48. The number of rotatable bonds is 6. The van der Waals surface area contributed by atoms with E-state index < -0.39 is 0 Å². The van der Waals surface area contributed by atoms with E-state index in [1.807, 2.05) is 24.3 Å². The molecule has 1 N–H and O–H groups in total. The van der Waals surface area contributed by atoms with Crippen molar-refractivity contribution in [2.45, 2.75) is 12.8 Å². The van der Waals surface area contributed by atoms with Crippen LogP contribution in [0.15, 0.2) is 53.9 Å². The molecule has 1 aliphatic heterocycles. The lowest BCUT2D eigenvalue weighted by molar-refractivity contribution is -0.118. The minimum Gasteiger partial charge on any atom is -0.484 e. The molecule has 1 aromatic heterocycles. The van der Waals surface area contributed by atoms with E-state index in [4.69, 9.17) is 21.3 Å². The van der Waals surface area contributed by atoms with Gasteiger partial charge in [0.25, 0.3) is 5.91 Å². The van der Waals surface area contributed by atoms with Gasteiger partial charge in [0.15, 0.2) is 11.7 Å². The van der Waals surface area contributed by atoms with Crippen LogP contribution in [-0.4, -0.2) is 30.6 Å². The van der Waals surface area contributed by atoms with Gasteiger partial charge < -0.3 is 15.0 Å². The van der Waals surface area contributed by atoms with Crippen molar-refractivity contribution in [1.29, 1.82) is 0 Å². The van der Waals surface area contributed by atoms with E-state index in [0.29, 0.717) is 10.8 Å². The summed E-state index contributed by atoms with van der Waals surface area (Å²) in [6.07, 6.45) is 2.46. The van der Waals surface area contributed by atoms with Crippen molar-refractivity contribution in [2.75, 3.05) is 29.9 Å². The van der Waals surface area contributed by atoms with Crippen LogP contribution in [0.5, 0.6) is 5.75 Å². The molecular weight excluding hydrogens is 394 g/mol. The van der Waals surface area contributed by atoms with E-state index in [0.717, 1.165) is 35.2 Å². The molecule has 0 unspecified atom stereocenters. The molecule has 1 fully saturated rings. The number of ether oxygens (including phenoxy) is 1. The number of hydrogen-bond donors (Lipinski definition) is 1. The van der Waals surface area contributed by atoms with Gasteiger partial charge in [0.2, 0.25) is 0 Å². The standard InChI is InChI=1S/C21H20ClN3O2S/c22-16-6-8-18(9-7-16)27-13-20(26)23-17-5-3-4-15(12-17)19-14-28-21(24-19)25-10-1-2-11-25/h3-9,12,14H,1-2,10-11,13H2,(H,23,26). The number of aromatic nitrogens is 1. The number of nitrogens with zero attached hydrogens (tertiary/aromatic N) is 2. The Hall–Kier alpha value is -2.57. The molecule has 3 aromatic rings. The lowest BCUT2D eigenvalue weighted by Gasteiger charge is -2.12. The zero-order valence-corrected chi connectivity index (χ0v) is 16.8. The second-order valence-electron chi connectivity index (χ2n) is 6.58. The molecule has 5 nitrogen and oxygen atoms in total. The number of hydrogen-bond acceptors (Lipinski definition) is 5. The van der Waals surface area contributed by atoms with E-state index in [-0.39, 0.29) is 12.5 Å². The van der Waals surface area contributed by atoms with Crippen LogP contribution in [0.25, 0.3) is 11.3 Å². The summed E-state index contributed by atoms with van der Waals surface area (Å²) in [7, 11) is 0. The van der Waals surface area contributed by atoms with E-state index in [1.165, 1.54) is 12.8 Å². The van der Waals surface area contributed by atoms with Crippen LogP contribution < -0.4 is 15.0 Å². The van der Waals surface area contributed by atoms with E-state index >= 15 is 0 Å². The summed E-state index contributed by atoms with van der Waals surface area (Å²) >= 11 is 7.51. The SMILES string of the molecule is O=C(COc1ccc(Cl)cc1)Nc1cccc(-c2csc(N3CCCC3)n2)c1. The molecule has 0 aliphatic carbocycles. The topological polar surface area (TPSA) is 54.5 Å². The first-order valence-electron chi connectivity index (χ1n) is 9.16. The number of halogens is 1. The lowest BCUT2D eigenvalue weighted by atomic mass is 10.1. The zero-order valence-electron chi connectivity index (χ0n) is 15.2. The summed E-state index contributed by atoms with van der Waals surface area (Å²) in [6.45, 7) is 2.09. The molecule has 0 saturated carbocycles. The summed E-state index contributed by atoms with van der Waals surface area (Å²) in [4.78, 5) is 19.3. The summed E-state index contributed by atoms with van der Waals surface area (Å²) in [5.74, 6) is 0.383. The molecule has 2 heterocycles. The predicted octanol–water partition coefficient (Wildman–Crippen LogP) is 5.08. The molecule has 28 heavy (non-hydrogen) atoms. The normalized spacial score (nSPS) is 13.5. The number of benzene rings is 2. The van der Waals surface area contributed by atoms with Crippen LogP contribution in [0.4, 0.5) is 10.8 Å². The summed E-state index contributed by atoms with van der Waals surface area (Å²) in [5, 5.41) is 6.63. The maximum atomic E-state index is 12.2. The van der Waals surface area contributed by atoms with Gasteiger partial charge in [0, 0.05) is 34.7 Å². The van der Waals surface area contributed by atoms with Crippen LogP contribution in [0, 0.1) is 0 Å². The van der Waals surface area contributed by atoms with Gasteiger partial charge in [0.1, 0.15) is 5.75 Å². The van der Waals surface area contributed by atoms with E-state index in [2.05, 4.69) is 15.6 Å². The van der Waals surface area contributed by atoms with Crippen LogP contribution in [0.1, 0.15) is 12.8 Å². The highest BCUT2D eigenvalue weighted by Gasteiger charge is 2.16. The van der Waals surface area contributed by atoms with Gasteiger partial charge in [0.05, 0.1) is 5.69 Å². The van der Waals surface area contributed by atoms with E-state index in [9.17, 15) is 4.79 Å². The minimum absolute atomic E-state index is 0.0678. The number of carbonyl (C=O) groups is 1. The first-order valence-corrected chi connectivity index (χ1v) is 10.4. The fraction of sp³-hybridized carbons (Fsp3) is 0.238. The van der Waals surface area contributed by atoms with Crippen molar-refractivity contribution in [1.82, 2.24) is 4.98 Å². The van der Waals surface area contributed by atoms with Gasteiger partial charge in [-0.25, -0.2) is 4.98 Å². The molecule has 0 bridgehead atoms. The Morgan fingerprint density at radius 2 is 1.96 bits per heavy atom. The third-order valence-electron chi connectivity index (χ3n) is 4.49. The highest BCUT2D eigenvalue weighted by atomic mass is 35.5. The average molecular weight is 414 g/mol. The minimum atomic E-state index is -0.219. The molecule has 0 spiro atoms. The van der Waals surface area contributed by atoms with Crippen LogP contribution in [0.3, 0.4) is 0 Å².